The zero-order valence-electron chi connectivity index (χ0n) is 15.0. The minimum absolute atomic E-state index is 0.175. The SMILES string of the molecule is COc1cccc2[nH]c3cc(Oc4ccc(OC(F)(F)F)cc4)ccc3c(=O)c12. The van der Waals surface area contributed by atoms with Gasteiger partial charge in [0.25, 0.3) is 0 Å². The van der Waals surface area contributed by atoms with Gasteiger partial charge in [-0.2, -0.15) is 0 Å². The van der Waals surface area contributed by atoms with Crippen molar-refractivity contribution in [2.75, 3.05) is 7.11 Å². The molecule has 5 nitrogen and oxygen atoms in total. The Morgan fingerprint density at radius 3 is 2.24 bits per heavy atom. The summed E-state index contributed by atoms with van der Waals surface area (Å²) in [5.41, 5.74) is 1.00. The first-order chi connectivity index (χ1) is 13.8. The molecule has 8 heteroatoms. The fourth-order valence-electron chi connectivity index (χ4n) is 3.05. The van der Waals surface area contributed by atoms with E-state index in [0.717, 1.165) is 12.1 Å². The molecule has 3 aromatic carbocycles. The number of halogens is 3. The lowest BCUT2D eigenvalue weighted by atomic mass is 10.1. The molecule has 0 atom stereocenters. The van der Waals surface area contributed by atoms with E-state index in [-0.39, 0.29) is 11.2 Å². The van der Waals surface area contributed by atoms with Gasteiger partial charge in [-0.1, -0.05) is 6.07 Å². The van der Waals surface area contributed by atoms with Crippen molar-refractivity contribution >= 4 is 21.8 Å². The standard InChI is InChI=1S/C21H14F3NO4/c1-27-18-4-2-3-16-19(18)20(26)15-10-9-14(11-17(15)25-16)28-12-5-7-13(8-6-12)29-21(22,23)24/h2-11H,1H3,(H,25,26). The molecule has 148 valence electrons. The molecule has 0 amide bonds. The first kappa shape index (κ1) is 18.7. The van der Waals surface area contributed by atoms with Crippen molar-refractivity contribution in [1.29, 1.82) is 0 Å². The third-order valence-electron chi connectivity index (χ3n) is 4.27. The van der Waals surface area contributed by atoms with Crippen LogP contribution in [-0.2, 0) is 0 Å². The van der Waals surface area contributed by atoms with Crippen molar-refractivity contribution < 1.29 is 27.4 Å². The van der Waals surface area contributed by atoms with E-state index in [9.17, 15) is 18.0 Å². The molecule has 0 aliphatic rings. The van der Waals surface area contributed by atoms with E-state index >= 15 is 0 Å². The highest BCUT2D eigenvalue weighted by atomic mass is 19.4. The van der Waals surface area contributed by atoms with Crippen LogP contribution in [0.4, 0.5) is 13.2 Å². The van der Waals surface area contributed by atoms with Gasteiger partial charge >= 0.3 is 6.36 Å². The molecule has 0 aliphatic heterocycles. The summed E-state index contributed by atoms with van der Waals surface area (Å²) in [6.07, 6.45) is -4.75. The van der Waals surface area contributed by atoms with Gasteiger partial charge in [0.1, 0.15) is 23.0 Å². The Morgan fingerprint density at radius 2 is 1.55 bits per heavy atom. The van der Waals surface area contributed by atoms with Gasteiger partial charge in [0.05, 0.1) is 23.5 Å². The smallest absolute Gasteiger partial charge is 0.496 e. The van der Waals surface area contributed by atoms with Crippen LogP contribution in [0, 0.1) is 0 Å². The summed E-state index contributed by atoms with van der Waals surface area (Å²) in [4.78, 5) is 16.0. The van der Waals surface area contributed by atoms with Crippen LogP contribution >= 0.6 is 0 Å². The number of aromatic amines is 1. The molecule has 0 spiro atoms. The fraction of sp³-hybridized carbons (Fsp3) is 0.0952. The van der Waals surface area contributed by atoms with Crippen molar-refractivity contribution in [3.05, 3.63) is 70.9 Å². The maximum absolute atomic E-state index is 12.8. The molecular weight excluding hydrogens is 387 g/mol. The zero-order valence-corrected chi connectivity index (χ0v) is 15.0. The number of aromatic nitrogens is 1. The number of hydrogen-bond acceptors (Lipinski definition) is 4. The van der Waals surface area contributed by atoms with Crippen molar-refractivity contribution in [2.24, 2.45) is 0 Å². The average molecular weight is 401 g/mol. The molecule has 29 heavy (non-hydrogen) atoms. The Hall–Kier alpha value is -3.68. The maximum atomic E-state index is 12.8. The normalized spacial score (nSPS) is 11.6. The third-order valence-corrected chi connectivity index (χ3v) is 4.27. The van der Waals surface area contributed by atoms with Gasteiger partial charge in [-0.05, 0) is 48.5 Å². The second kappa shape index (κ2) is 7.05. The number of nitrogens with one attached hydrogen (secondary N) is 1. The molecule has 0 saturated heterocycles. The molecule has 0 unspecified atom stereocenters. The highest BCUT2D eigenvalue weighted by molar-refractivity contribution is 5.96. The molecule has 0 radical (unpaired) electrons. The van der Waals surface area contributed by atoms with Gasteiger partial charge < -0.3 is 19.2 Å². The van der Waals surface area contributed by atoms with Crippen LogP contribution < -0.4 is 19.6 Å². The summed E-state index contributed by atoms with van der Waals surface area (Å²) >= 11 is 0. The summed E-state index contributed by atoms with van der Waals surface area (Å²) in [6, 6.07) is 15.2. The highest BCUT2D eigenvalue weighted by Gasteiger charge is 2.31. The fourth-order valence-corrected chi connectivity index (χ4v) is 3.05. The molecule has 0 aliphatic carbocycles. The lowest BCUT2D eigenvalue weighted by molar-refractivity contribution is -0.274. The largest absolute Gasteiger partial charge is 0.573 e. The van der Waals surface area contributed by atoms with Crippen molar-refractivity contribution in [3.8, 4) is 23.0 Å². The predicted octanol–water partition coefficient (Wildman–Crippen LogP) is 5.38. The Kier molecular flexibility index (Phi) is 4.54. The second-order valence-corrected chi connectivity index (χ2v) is 6.17. The van der Waals surface area contributed by atoms with E-state index in [2.05, 4.69) is 9.72 Å². The number of H-pyrrole nitrogens is 1. The van der Waals surface area contributed by atoms with Gasteiger partial charge in [-0.25, -0.2) is 0 Å². The number of benzene rings is 3. The monoisotopic (exact) mass is 401 g/mol. The van der Waals surface area contributed by atoms with Crippen molar-refractivity contribution in [2.45, 2.75) is 6.36 Å². The molecule has 1 aromatic heterocycles. The second-order valence-electron chi connectivity index (χ2n) is 6.17. The topological polar surface area (TPSA) is 60.6 Å². The van der Waals surface area contributed by atoms with Crippen LogP contribution in [-0.4, -0.2) is 18.5 Å². The predicted molar refractivity (Wildman–Crippen MR) is 102 cm³/mol. The Labute approximate surface area is 162 Å². The van der Waals surface area contributed by atoms with Crippen LogP contribution in [0.15, 0.2) is 65.5 Å². The summed E-state index contributed by atoms with van der Waals surface area (Å²) in [6.45, 7) is 0. The highest BCUT2D eigenvalue weighted by Crippen LogP contribution is 2.29. The summed E-state index contributed by atoms with van der Waals surface area (Å²) in [5, 5.41) is 0.916. The van der Waals surface area contributed by atoms with Crippen molar-refractivity contribution in [3.63, 3.8) is 0 Å². The van der Waals surface area contributed by atoms with Crippen LogP contribution in [0.1, 0.15) is 0 Å². The molecule has 1 heterocycles. The summed E-state index contributed by atoms with van der Waals surface area (Å²) < 4.78 is 51.5. The maximum Gasteiger partial charge on any atom is 0.573 e. The first-order valence-corrected chi connectivity index (χ1v) is 8.50. The minimum Gasteiger partial charge on any atom is -0.496 e. The molecule has 0 fully saturated rings. The van der Waals surface area contributed by atoms with Crippen LogP contribution in [0.25, 0.3) is 21.8 Å². The lowest BCUT2D eigenvalue weighted by Crippen LogP contribution is -2.16. The molecule has 4 rings (SSSR count). The van der Waals surface area contributed by atoms with Gasteiger partial charge in [0.15, 0.2) is 0 Å². The number of pyridine rings is 1. The van der Waals surface area contributed by atoms with Crippen LogP contribution in [0.5, 0.6) is 23.0 Å². The average Bonchev–Trinajstić information content (AvgIpc) is 2.68. The Morgan fingerprint density at radius 1 is 0.862 bits per heavy atom. The quantitative estimate of drug-likeness (QED) is 0.467. The zero-order chi connectivity index (χ0) is 20.6. The third kappa shape index (κ3) is 3.82. The minimum atomic E-state index is -4.75. The first-order valence-electron chi connectivity index (χ1n) is 8.50. The van der Waals surface area contributed by atoms with E-state index in [1.165, 1.54) is 19.2 Å². The Bertz CT molecular complexity index is 1250. The van der Waals surface area contributed by atoms with Gasteiger partial charge in [0.2, 0.25) is 5.43 Å². The molecule has 0 saturated carbocycles. The van der Waals surface area contributed by atoms with Gasteiger partial charge in [-0.15, -0.1) is 13.2 Å². The van der Waals surface area contributed by atoms with E-state index < -0.39 is 6.36 Å². The van der Waals surface area contributed by atoms with Gasteiger partial charge in [0, 0.05) is 11.5 Å². The van der Waals surface area contributed by atoms with Crippen molar-refractivity contribution in [1.82, 2.24) is 4.98 Å². The van der Waals surface area contributed by atoms with E-state index in [4.69, 9.17) is 9.47 Å². The summed E-state index contributed by atoms with van der Waals surface area (Å²) in [7, 11) is 1.50. The van der Waals surface area contributed by atoms with E-state index in [1.54, 1.807) is 36.4 Å². The number of alkyl halides is 3. The number of methoxy groups -OCH3 is 1. The lowest BCUT2D eigenvalue weighted by Gasteiger charge is -2.11. The van der Waals surface area contributed by atoms with E-state index in [1.807, 2.05) is 0 Å². The van der Waals surface area contributed by atoms with E-state index in [0.29, 0.717) is 39.1 Å². The molecule has 1 N–H and O–H groups in total. The van der Waals surface area contributed by atoms with Gasteiger partial charge in [-0.3, -0.25) is 4.79 Å². The molecule has 0 bridgehead atoms. The number of hydrogen-bond donors (Lipinski definition) is 1. The Balaban J connectivity index is 1.67. The molecule has 4 aromatic rings. The number of rotatable bonds is 4. The molecular formula is C21H14F3NO4. The number of ether oxygens (including phenoxy) is 3. The van der Waals surface area contributed by atoms with Crippen LogP contribution in [0.2, 0.25) is 0 Å². The summed E-state index contributed by atoms with van der Waals surface area (Å²) in [5.74, 6) is 0.879. The van der Waals surface area contributed by atoms with Crippen LogP contribution in [0.3, 0.4) is 0 Å². The number of fused-ring (bicyclic) bond motifs is 2.